The van der Waals surface area contributed by atoms with Crippen LogP contribution < -0.4 is 10.5 Å². The Labute approximate surface area is 162 Å². The van der Waals surface area contributed by atoms with E-state index in [4.69, 9.17) is 10.5 Å². The molecule has 2 aromatic rings. The lowest BCUT2D eigenvalue weighted by Gasteiger charge is -2.29. The number of ether oxygens (including phenoxy) is 1. The van der Waals surface area contributed by atoms with Crippen LogP contribution in [0.5, 0.6) is 5.75 Å². The number of hydrogen-bond acceptors (Lipinski definition) is 4. The number of nitrogens with two attached hydrogens (primary N) is 1. The van der Waals surface area contributed by atoms with Gasteiger partial charge in [0.15, 0.2) is 0 Å². The second-order valence-electron chi connectivity index (χ2n) is 8.15. The Morgan fingerprint density at radius 3 is 2.67 bits per heavy atom. The maximum Gasteiger partial charge on any atom is 0.239 e. The van der Waals surface area contributed by atoms with Gasteiger partial charge in [-0.05, 0) is 66.4 Å². The Kier molecular flexibility index (Phi) is 5.72. The van der Waals surface area contributed by atoms with Gasteiger partial charge in [-0.3, -0.25) is 9.69 Å². The van der Waals surface area contributed by atoms with Crippen LogP contribution in [0.4, 0.5) is 0 Å². The van der Waals surface area contributed by atoms with Gasteiger partial charge in [0.2, 0.25) is 5.91 Å². The topological polar surface area (TPSA) is 58.8 Å². The Bertz CT molecular complexity index is 822. The molecule has 2 N–H and O–H groups in total. The third-order valence-electron chi connectivity index (χ3n) is 5.89. The number of carbonyl (C=O) groups is 1. The van der Waals surface area contributed by atoms with Crippen molar-refractivity contribution in [3.63, 3.8) is 0 Å². The standard InChI is InChI=1S/C22H31N3O2/c1-16(25-10-9-22(2,14-23)15-25)21(26)24(3)13-17-5-6-19-12-20(27-4)8-7-18(19)11-17/h5-8,11-12,16H,9-10,13-15,23H2,1-4H3. The molecule has 2 aromatic carbocycles. The van der Waals surface area contributed by atoms with Gasteiger partial charge in [-0.25, -0.2) is 0 Å². The number of methoxy groups -OCH3 is 1. The van der Waals surface area contributed by atoms with Gasteiger partial charge in [0, 0.05) is 20.1 Å². The van der Waals surface area contributed by atoms with E-state index in [-0.39, 0.29) is 17.4 Å². The lowest BCUT2D eigenvalue weighted by Crippen LogP contribution is -2.45. The van der Waals surface area contributed by atoms with Gasteiger partial charge in [-0.1, -0.05) is 25.1 Å². The van der Waals surface area contributed by atoms with Gasteiger partial charge in [-0.15, -0.1) is 0 Å². The molecular weight excluding hydrogens is 338 g/mol. The molecule has 146 valence electrons. The number of benzene rings is 2. The Morgan fingerprint density at radius 1 is 1.30 bits per heavy atom. The molecule has 3 rings (SSSR count). The summed E-state index contributed by atoms with van der Waals surface area (Å²) in [4.78, 5) is 17.0. The second kappa shape index (κ2) is 7.87. The van der Waals surface area contributed by atoms with Crippen LogP contribution in [0, 0.1) is 5.41 Å². The van der Waals surface area contributed by atoms with E-state index in [9.17, 15) is 4.79 Å². The molecule has 1 aliphatic heterocycles. The van der Waals surface area contributed by atoms with Crippen LogP contribution in [0.25, 0.3) is 10.8 Å². The predicted octanol–water partition coefficient (Wildman–Crippen LogP) is 2.87. The summed E-state index contributed by atoms with van der Waals surface area (Å²) in [6.07, 6.45) is 1.05. The molecule has 0 aromatic heterocycles. The first-order valence-corrected chi connectivity index (χ1v) is 9.61. The number of rotatable bonds is 6. The van der Waals surface area contributed by atoms with E-state index in [1.165, 1.54) is 0 Å². The molecule has 0 radical (unpaired) electrons. The molecule has 0 spiro atoms. The van der Waals surface area contributed by atoms with E-state index in [2.05, 4.69) is 36.1 Å². The number of nitrogens with zero attached hydrogens (tertiary/aromatic N) is 2. The average molecular weight is 370 g/mol. The van der Waals surface area contributed by atoms with Crippen LogP contribution in [0.3, 0.4) is 0 Å². The summed E-state index contributed by atoms with van der Waals surface area (Å²) in [6, 6.07) is 12.2. The quantitative estimate of drug-likeness (QED) is 0.851. The van der Waals surface area contributed by atoms with E-state index in [0.29, 0.717) is 13.1 Å². The third kappa shape index (κ3) is 4.25. The van der Waals surface area contributed by atoms with Crippen molar-refractivity contribution in [2.24, 2.45) is 11.1 Å². The van der Waals surface area contributed by atoms with Crippen molar-refractivity contribution in [2.75, 3.05) is 33.8 Å². The number of amides is 1. The molecule has 1 saturated heterocycles. The van der Waals surface area contributed by atoms with Crippen LogP contribution in [-0.2, 0) is 11.3 Å². The minimum Gasteiger partial charge on any atom is -0.497 e. The smallest absolute Gasteiger partial charge is 0.239 e. The zero-order valence-electron chi connectivity index (χ0n) is 16.9. The fourth-order valence-electron chi connectivity index (χ4n) is 3.88. The van der Waals surface area contributed by atoms with Gasteiger partial charge >= 0.3 is 0 Å². The SMILES string of the molecule is COc1ccc2cc(CN(C)C(=O)C(C)N3CCC(C)(CN)C3)ccc2c1. The fraction of sp³-hybridized carbons (Fsp3) is 0.500. The zero-order chi connectivity index (χ0) is 19.6. The van der Waals surface area contributed by atoms with Crippen molar-refractivity contribution in [3.8, 4) is 5.75 Å². The van der Waals surface area contributed by atoms with Crippen molar-refractivity contribution in [1.82, 2.24) is 9.80 Å². The summed E-state index contributed by atoms with van der Waals surface area (Å²) in [5, 5.41) is 2.29. The predicted molar refractivity (Wildman–Crippen MR) is 110 cm³/mol. The Balaban J connectivity index is 1.66. The van der Waals surface area contributed by atoms with Crippen molar-refractivity contribution < 1.29 is 9.53 Å². The molecule has 0 bridgehead atoms. The Hall–Kier alpha value is -2.11. The molecule has 5 nitrogen and oxygen atoms in total. The van der Waals surface area contributed by atoms with E-state index >= 15 is 0 Å². The first-order valence-electron chi connectivity index (χ1n) is 9.61. The third-order valence-corrected chi connectivity index (χ3v) is 5.89. The summed E-state index contributed by atoms with van der Waals surface area (Å²) in [7, 11) is 3.56. The van der Waals surface area contributed by atoms with E-state index in [1.54, 1.807) is 7.11 Å². The first-order chi connectivity index (χ1) is 12.8. The molecule has 0 saturated carbocycles. The molecular formula is C22H31N3O2. The maximum absolute atomic E-state index is 12.9. The highest BCUT2D eigenvalue weighted by atomic mass is 16.5. The lowest BCUT2D eigenvalue weighted by molar-refractivity contribution is -0.135. The summed E-state index contributed by atoms with van der Waals surface area (Å²) in [5.74, 6) is 1.01. The average Bonchev–Trinajstić information content (AvgIpc) is 3.09. The van der Waals surface area contributed by atoms with Gasteiger partial charge in [0.05, 0.1) is 13.2 Å². The molecule has 0 aliphatic carbocycles. The molecule has 1 heterocycles. The van der Waals surface area contributed by atoms with Gasteiger partial charge in [0.25, 0.3) is 0 Å². The number of hydrogen-bond donors (Lipinski definition) is 1. The summed E-state index contributed by atoms with van der Waals surface area (Å²) >= 11 is 0. The summed E-state index contributed by atoms with van der Waals surface area (Å²) in [6.45, 7) is 7.31. The highest BCUT2D eigenvalue weighted by Gasteiger charge is 2.37. The minimum absolute atomic E-state index is 0.118. The van der Waals surface area contributed by atoms with Crippen LogP contribution in [0.2, 0.25) is 0 Å². The molecule has 27 heavy (non-hydrogen) atoms. The van der Waals surface area contributed by atoms with E-state index in [0.717, 1.165) is 41.6 Å². The van der Waals surface area contributed by atoms with Crippen LogP contribution >= 0.6 is 0 Å². The van der Waals surface area contributed by atoms with Crippen molar-refractivity contribution >= 4 is 16.7 Å². The number of fused-ring (bicyclic) bond motifs is 1. The van der Waals surface area contributed by atoms with Gasteiger partial charge < -0.3 is 15.4 Å². The molecule has 2 unspecified atom stereocenters. The first kappa shape index (κ1) is 19.6. The molecule has 5 heteroatoms. The van der Waals surface area contributed by atoms with Crippen molar-refractivity contribution in [3.05, 3.63) is 42.0 Å². The van der Waals surface area contributed by atoms with Crippen molar-refractivity contribution in [2.45, 2.75) is 32.9 Å². The molecule has 1 amide bonds. The molecule has 2 atom stereocenters. The zero-order valence-corrected chi connectivity index (χ0v) is 16.9. The van der Waals surface area contributed by atoms with Crippen molar-refractivity contribution in [1.29, 1.82) is 0 Å². The maximum atomic E-state index is 12.9. The van der Waals surface area contributed by atoms with E-state index < -0.39 is 0 Å². The second-order valence-corrected chi connectivity index (χ2v) is 8.15. The highest BCUT2D eigenvalue weighted by molar-refractivity contribution is 5.85. The van der Waals surface area contributed by atoms with E-state index in [1.807, 2.05) is 31.0 Å². The normalized spacial score (nSPS) is 21.4. The highest BCUT2D eigenvalue weighted by Crippen LogP contribution is 2.30. The van der Waals surface area contributed by atoms with Gasteiger partial charge in [0.1, 0.15) is 5.75 Å². The number of likely N-dealkylation sites (tertiary alicyclic amines) is 1. The van der Waals surface area contributed by atoms with Crippen LogP contribution in [0.15, 0.2) is 36.4 Å². The minimum atomic E-state index is -0.118. The summed E-state index contributed by atoms with van der Waals surface area (Å²) in [5.41, 5.74) is 7.16. The Morgan fingerprint density at radius 2 is 2.00 bits per heavy atom. The molecule has 1 fully saturated rings. The fourth-order valence-corrected chi connectivity index (χ4v) is 3.88. The summed E-state index contributed by atoms with van der Waals surface area (Å²) < 4.78 is 5.28. The van der Waals surface area contributed by atoms with Gasteiger partial charge in [-0.2, -0.15) is 0 Å². The van der Waals surface area contributed by atoms with Crippen LogP contribution in [-0.4, -0.2) is 55.5 Å². The lowest BCUT2D eigenvalue weighted by atomic mass is 9.90. The largest absolute Gasteiger partial charge is 0.497 e. The number of likely N-dealkylation sites (N-methyl/N-ethyl adjacent to an activating group) is 1. The van der Waals surface area contributed by atoms with Crippen LogP contribution in [0.1, 0.15) is 25.8 Å². The number of carbonyl (C=O) groups excluding carboxylic acids is 1. The molecule has 1 aliphatic rings. The monoisotopic (exact) mass is 369 g/mol.